The Morgan fingerprint density at radius 1 is 0.853 bits per heavy atom. The number of aryl methyl sites for hydroxylation is 1. The summed E-state index contributed by atoms with van der Waals surface area (Å²) in [6.07, 6.45) is 26.0. The van der Waals surface area contributed by atoms with E-state index in [-0.39, 0.29) is 0 Å². The Balaban J connectivity index is 1.18. The monoisotopic (exact) mass is 482 g/mol. The molecular weight excluding hydrogens is 436 g/mol. The maximum atomic E-state index is 10.6. The van der Waals surface area contributed by atoms with Crippen LogP contribution in [-0.2, 0) is 11.2 Å². The summed E-state index contributed by atoms with van der Waals surface area (Å²) in [6.45, 7) is 0. The van der Waals surface area contributed by atoms with Crippen molar-refractivity contribution in [2.75, 3.05) is 11.5 Å². The van der Waals surface area contributed by atoms with E-state index >= 15 is 0 Å². The second-order valence-corrected chi connectivity index (χ2v) is 11.6. The molecule has 0 unspecified atom stereocenters. The summed E-state index contributed by atoms with van der Waals surface area (Å²) >= 11 is 2.13. The van der Waals surface area contributed by atoms with Crippen LogP contribution in [0.2, 0.25) is 0 Å². The van der Waals surface area contributed by atoms with Gasteiger partial charge >= 0.3 is 5.97 Å². The van der Waals surface area contributed by atoms with Gasteiger partial charge in [0.25, 0.3) is 0 Å². The number of allylic oxidation sites excluding steroid dienone is 4. The molecule has 3 heteroatoms. The Hall–Kier alpha value is -1.48. The van der Waals surface area contributed by atoms with Crippen LogP contribution in [0.3, 0.4) is 0 Å². The molecule has 0 radical (unpaired) electrons. The Bertz CT molecular complexity index is 741. The fraction of sp³-hybridized carbons (Fsp3) is 0.645. The minimum Gasteiger partial charge on any atom is -0.481 e. The molecule has 1 N–H and O–H groups in total. The average Bonchev–Trinajstić information content (AvgIpc) is 3.44. The summed E-state index contributed by atoms with van der Waals surface area (Å²) in [7, 11) is 0. The van der Waals surface area contributed by atoms with Crippen molar-refractivity contribution in [1.82, 2.24) is 0 Å². The Morgan fingerprint density at radius 2 is 1.59 bits per heavy atom. The molecule has 2 saturated carbocycles. The average molecular weight is 483 g/mol. The van der Waals surface area contributed by atoms with Crippen LogP contribution < -0.4 is 0 Å². The van der Waals surface area contributed by atoms with Crippen molar-refractivity contribution in [3.05, 3.63) is 60.2 Å². The number of fused-ring (bicyclic) bond motifs is 2. The number of unbranched alkanes of at least 4 members (excludes halogenated alkanes) is 3. The third-order valence-corrected chi connectivity index (χ3v) is 9.06. The minimum absolute atomic E-state index is 0.296. The second-order valence-electron chi connectivity index (χ2n) is 10.4. The third kappa shape index (κ3) is 10.0. The van der Waals surface area contributed by atoms with Crippen molar-refractivity contribution >= 4 is 17.7 Å². The van der Waals surface area contributed by atoms with Gasteiger partial charge in [0.2, 0.25) is 0 Å². The number of carboxylic acid groups (broad SMARTS) is 1. The van der Waals surface area contributed by atoms with Gasteiger partial charge in [-0.25, -0.2) is 0 Å². The van der Waals surface area contributed by atoms with E-state index in [1.54, 1.807) is 0 Å². The number of hydrogen-bond acceptors (Lipinski definition) is 2. The second kappa shape index (κ2) is 16.2. The molecule has 1 aromatic carbocycles. The van der Waals surface area contributed by atoms with Crippen molar-refractivity contribution in [1.29, 1.82) is 0 Å². The van der Waals surface area contributed by atoms with Crippen molar-refractivity contribution in [3.8, 4) is 0 Å². The maximum absolute atomic E-state index is 10.6. The number of carboxylic acids is 1. The summed E-state index contributed by atoms with van der Waals surface area (Å²) in [4.78, 5) is 10.6. The predicted octanol–water partition coefficient (Wildman–Crippen LogP) is 8.72. The lowest BCUT2D eigenvalue weighted by Gasteiger charge is -2.30. The molecule has 0 amide bonds. The largest absolute Gasteiger partial charge is 0.481 e. The van der Waals surface area contributed by atoms with E-state index in [4.69, 9.17) is 5.11 Å². The Kier molecular flexibility index (Phi) is 13.0. The number of carbonyl (C=O) groups is 1. The summed E-state index contributed by atoms with van der Waals surface area (Å²) < 4.78 is 0. The zero-order valence-electron chi connectivity index (χ0n) is 21.1. The number of benzene rings is 1. The predicted molar refractivity (Wildman–Crippen MR) is 147 cm³/mol. The van der Waals surface area contributed by atoms with Gasteiger partial charge in [-0.3, -0.25) is 4.79 Å². The number of aliphatic carboxylic acids is 1. The first-order valence-electron chi connectivity index (χ1n) is 13.9. The molecule has 34 heavy (non-hydrogen) atoms. The smallest absolute Gasteiger partial charge is 0.303 e. The summed E-state index contributed by atoms with van der Waals surface area (Å²) in [6, 6.07) is 10.8. The highest BCUT2D eigenvalue weighted by molar-refractivity contribution is 7.99. The molecule has 1 aromatic rings. The Morgan fingerprint density at radius 3 is 2.41 bits per heavy atom. The normalized spacial score (nSPS) is 24.0. The molecule has 2 aliphatic carbocycles. The maximum Gasteiger partial charge on any atom is 0.303 e. The first-order chi connectivity index (χ1) is 16.7. The zero-order chi connectivity index (χ0) is 23.8. The van der Waals surface area contributed by atoms with Crippen molar-refractivity contribution in [2.45, 2.75) is 89.9 Å². The van der Waals surface area contributed by atoms with Crippen molar-refractivity contribution < 1.29 is 9.90 Å². The van der Waals surface area contributed by atoms with E-state index in [1.165, 1.54) is 87.7 Å². The van der Waals surface area contributed by atoms with Crippen molar-refractivity contribution in [3.63, 3.8) is 0 Å². The molecule has 2 fully saturated rings. The lowest BCUT2D eigenvalue weighted by Crippen LogP contribution is -2.22. The quantitative estimate of drug-likeness (QED) is 0.168. The van der Waals surface area contributed by atoms with Crippen LogP contribution in [0.15, 0.2) is 54.6 Å². The highest BCUT2D eigenvalue weighted by atomic mass is 32.2. The standard InChI is InChI=1S/C31H46O2S/c32-31(33)20-11-4-3-10-18-29-27-21-22-28(25-27)30(29)19-12-14-24-34-23-13-5-1-2-7-15-26-16-8-6-9-17-26/h1,3,5-6,8-10,16-17,27-30H,2,4,7,11-15,18-25H2,(H,32,33)/t27-,28+,29-,30+/m0/s1. The highest BCUT2D eigenvalue weighted by Crippen LogP contribution is 2.55. The van der Waals surface area contributed by atoms with Gasteiger partial charge in [0.1, 0.15) is 0 Å². The van der Waals surface area contributed by atoms with Crippen LogP contribution in [-0.4, -0.2) is 22.6 Å². The van der Waals surface area contributed by atoms with Crippen LogP contribution in [0.25, 0.3) is 0 Å². The molecule has 0 aliphatic heterocycles. The molecule has 0 saturated heterocycles. The molecule has 2 nitrogen and oxygen atoms in total. The van der Waals surface area contributed by atoms with Crippen LogP contribution in [0.5, 0.6) is 0 Å². The summed E-state index contributed by atoms with van der Waals surface area (Å²) in [5.41, 5.74) is 1.45. The number of hydrogen-bond donors (Lipinski definition) is 1. The van der Waals surface area contributed by atoms with Crippen LogP contribution in [0, 0.1) is 23.7 Å². The van der Waals surface area contributed by atoms with E-state index in [0.29, 0.717) is 6.42 Å². The summed E-state index contributed by atoms with van der Waals surface area (Å²) in [5, 5.41) is 8.76. The lowest BCUT2D eigenvalue weighted by atomic mass is 9.75. The van der Waals surface area contributed by atoms with Gasteiger partial charge in [0.05, 0.1) is 0 Å². The Labute approximate surface area is 212 Å². The van der Waals surface area contributed by atoms with Gasteiger partial charge in [-0.15, -0.1) is 0 Å². The fourth-order valence-corrected chi connectivity index (χ4v) is 7.15. The number of thioether (sulfide) groups is 1. The van der Waals surface area contributed by atoms with Gasteiger partial charge < -0.3 is 5.11 Å². The molecule has 4 atom stereocenters. The SMILES string of the molecule is O=C(O)CCCC=CC[C@H]1[C@H]2CC[C@H](C2)[C@H]1CCCCSCCC=CCCCc1ccccc1. The first-order valence-corrected chi connectivity index (χ1v) is 15.0. The van der Waals surface area contributed by atoms with Gasteiger partial charge in [-0.1, -0.05) is 61.1 Å². The molecule has 0 heterocycles. The van der Waals surface area contributed by atoms with Gasteiger partial charge in [0, 0.05) is 6.42 Å². The first kappa shape index (κ1) is 27.1. The third-order valence-electron chi connectivity index (χ3n) is 7.96. The minimum atomic E-state index is -0.675. The molecule has 188 valence electrons. The van der Waals surface area contributed by atoms with E-state index in [9.17, 15) is 4.79 Å². The van der Waals surface area contributed by atoms with E-state index in [1.807, 2.05) is 0 Å². The van der Waals surface area contributed by atoms with Gasteiger partial charge in [0.15, 0.2) is 0 Å². The molecular formula is C31H46O2S. The van der Waals surface area contributed by atoms with Gasteiger partial charge in [-0.2, -0.15) is 11.8 Å². The van der Waals surface area contributed by atoms with E-state index in [2.05, 4.69) is 66.4 Å². The topological polar surface area (TPSA) is 37.3 Å². The van der Waals surface area contributed by atoms with Crippen LogP contribution >= 0.6 is 11.8 Å². The van der Waals surface area contributed by atoms with E-state index < -0.39 is 5.97 Å². The van der Waals surface area contributed by atoms with Gasteiger partial charge in [-0.05, 0) is 118 Å². The van der Waals surface area contributed by atoms with E-state index in [0.717, 1.165) is 36.5 Å². The van der Waals surface area contributed by atoms with Crippen molar-refractivity contribution in [2.24, 2.45) is 23.7 Å². The molecule has 0 spiro atoms. The van der Waals surface area contributed by atoms with Crippen LogP contribution in [0.1, 0.15) is 89.0 Å². The fourth-order valence-electron chi connectivity index (χ4n) is 6.23. The molecule has 2 aliphatic rings. The zero-order valence-corrected chi connectivity index (χ0v) is 21.9. The number of rotatable bonds is 18. The molecule has 0 aromatic heterocycles. The van der Waals surface area contributed by atoms with Crippen LogP contribution in [0.4, 0.5) is 0 Å². The molecule has 2 bridgehead atoms. The summed E-state index contributed by atoms with van der Waals surface area (Å²) in [5.74, 6) is 5.71. The lowest BCUT2D eigenvalue weighted by molar-refractivity contribution is -0.137. The highest BCUT2D eigenvalue weighted by Gasteiger charge is 2.45. The molecule has 3 rings (SSSR count).